The summed E-state index contributed by atoms with van der Waals surface area (Å²) in [6.45, 7) is 4.60. The first kappa shape index (κ1) is 14.0. The molecule has 0 amide bonds. The van der Waals surface area contributed by atoms with E-state index in [0.717, 1.165) is 26.1 Å². The van der Waals surface area contributed by atoms with Crippen molar-refractivity contribution in [2.75, 3.05) is 13.1 Å². The summed E-state index contributed by atoms with van der Waals surface area (Å²) in [5, 5.41) is 8.90. The summed E-state index contributed by atoms with van der Waals surface area (Å²) in [5.41, 5.74) is 8.55. The molecule has 1 saturated heterocycles. The molecule has 3 N–H and O–H groups in total. The van der Waals surface area contributed by atoms with Crippen LogP contribution in [0.25, 0.3) is 0 Å². The van der Waals surface area contributed by atoms with Crippen LogP contribution in [0.1, 0.15) is 24.0 Å². The van der Waals surface area contributed by atoms with Gasteiger partial charge in [0, 0.05) is 32.1 Å². The van der Waals surface area contributed by atoms with Crippen LogP contribution in [0.3, 0.4) is 0 Å². The SMILES string of the molecule is Cc1ccc(CN2CC(N)CC(CC(=O)O)C2)cc1. The van der Waals surface area contributed by atoms with Gasteiger partial charge in [-0.1, -0.05) is 29.8 Å². The molecule has 19 heavy (non-hydrogen) atoms. The predicted molar refractivity (Wildman–Crippen MR) is 74.8 cm³/mol. The van der Waals surface area contributed by atoms with Crippen molar-refractivity contribution in [1.82, 2.24) is 4.90 Å². The highest BCUT2D eigenvalue weighted by atomic mass is 16.4. The molecule has 0 saturated carbocycles. The highest BCUT2D eigenvalue weighted by Gasteiger charge is 2.26. The number of rotatable bonds is 4. The number of hydrogen-bond donors (Lipinski definition) is 2. The number of nitrogens with zero attached hydrogens (tertiary/aromatic N) is 1. The van der Waals surface area contributed by atoms with Gasteiger partial charge in [0.25, 0.3) is 0 Å². The van der Waals surface area contributed by atoms with E-state index < -0.39 is 5.97 Å². The lowest BCUT2D eigenvalue weighted by atomic mass is 9.91. The highest BCUT2D eigenvalue weighted by Crippen LogP contribution is 2.21. The first-order valence-corrected chi connectivity index (χ1v) is 6.78. The minimum Gasteiger partial charge on any atom is -0.481 e. The molecular weight excluding hydrogens is 240 g/mol. The Hall–Kier alpha value is -1.39. The molecule has 1 aliphatic heterocycles. The molecule has 2 unspecified atom stereocenters. The Bertz CT molecular complexity index is 430. The summed E-state index contributed by atoms with van der Waals surface area (Å²) in [5.74, 6) is -0.555. The Morgan fingerprint density at radius 3 is 2.68 bits per heavy atom. The number of aryl methyl sites for hydroxylation is 1. The van der Waals surface area contributed by atoms with Crippen molar-refractivity contribution < 1.29 is 9.90 Å². The number of carboxylic acid groups (broad SMARTS) is 1. The van der Waals surface area contributed by atoms with Crippen LogP contribution >= 0.6 is 0 Å². The van der Waals surface area contributed by atoms with Gasteiger partial charge in [-0.3, -0.25) is 9.69 Å². The molecule has 1 aliphatic rings. The number of aliphatic carboxylic acids is 1. The number of carbonyl (C=O) groups is 1. The number of hydrogen-bond acceptors (Lipinski definition) is 3. The highest BCUT2D eigenvalue weighted by molar-refractivity contribution is 5.67. The summed E-state index contributed by atoms with van der Waals surface area (Å²) in [6, 6.07) is 8.55. The van der Waals surface area contributed by atoms with Crippen LogP contribution in [0.15, 0.2) is 24.3 Å². The number of carboxylic acids is 1. The second kappa shape index (κ2) is 6.17. The molecule has 1 aromatic carbocycles. The van der Waals surface area contributed by atoms with Gasteiger partial charge in [-0.05, 0) is 24.8 Å². The fourth-order valence-corrected chi connectivity index (χ4v) is 2.82. The van der Waals surface area contributed by atoms with Crippen molar-refractivity contribution in [2.45, 2.75) is 32.4 Å². The fraction of sp³-hybridized carbons (Fsp3) is 0.533. The van der Waals surface area contributed by atoms with Gasteiger partial charge in [-0.15, -0.1) is 0 Å². The quantitative estimate of drug-likeness (QED) is 0.865. The van der Waals surface area contributed by atoms with Crippen LogP contribution in [-0.4, -0.2) is 35.1 Å². The lowest BCUT2D eigenvalue weighted by Crippen LogP contribution is -2.46. The summed E-state index contributed by atoms with van der Waals surface area (Å²) in [7, 11) is 0. The molecule has 4 heteroatoms. The van der Waals surface area contributed by atoms with Gasteiger partial charge in [0.2, 0.25) is 0 Å². The van der Waals surface area contributed by atoms with Crippen LogP contribution in [-0.2, 0) is 11.3 Å². The standard InChI is InChI=1S/C15H22N2O2/c1-11-2-4-12(5-3-11)8-17-9-13(7-15(18)19)6-14(16)10-17/h2-5,13-14H,6-10,16H2,1H3,(H,18,19). The average molecular weight is 262 g/mol. The minimum atomic E-state index is -0.727. The fourth-order valence-electron chi connectivity index (χ4n) is 2.82. The zero-order valence-electron chi connectivity index (χ0n) is 11.4. The molecule has 4 nitrogen and oxygen atoms in total. The maximum Gasteiger partial charge on any atom is 0.303 e. The van der Waals surface area contributed by atoms with Gasteiger partial charge in [0.1, 0.15) is 0 Å². The van der Waals surface area contributed by atoms with Gasteiger partial charge in [-0.25, -0.2) is 0 Å². The van der Waals surface area contributed by atoms with Crippen molar-refractivity contribution >= 4 is 5.97 Å². The third kappa shape index (κ3) is 4.33. The van der Waals surface area contributed by atoms with E-state index in [2.05, 4.69) is 36.1 Å². The van der Waals surface area contributed by atoms with E-state index in [0.29, 0.717) is 0 Å². The molecule has 2 atom stereocenters. The van der Waals surface area contributed by atoms with Crippen LogP contribution in [0.5, 0.6) is 0 Å². The van der Waals surface area contributed by atoms with E-state index >= 15 is 0 Å². The van der Waals surface area contributed by atoms with Crippen molar-refractivity contribution in [2.24, 2.45) is 11.7 Å². The van der Waals surface area contributed by atoms with E-state index in [1.54, 1.807) is 0 Å². The zero-order valence-corrected chi connectivity index (χ0v) is 11.4. The van der Waals surface area contributed by atoms with Gasteiger partial charge in [-0.2, -0.15) is 0 Å². The van der Waals surface area contributed by atoms with E-state index in [1.807, 2.05) is 0 Å². The maximum atomic E-state index is 10.8. The molecule has 0 bridgehead atoms. The first-order valence-electron chi connectivity index (χ1n) is 6.78. The van der Waals surface area contributed by atoms with E-state index in [1.165, 1.54) is 11.1 Å². The summed E-state index contributed by atoms with van der Waals surface area (Å²) in [6.07, 6.45) is 1.04. The number of benzene rings is 1. The third-order valence-corrected chi connectivity index (χ3v) is 3.64. The molecule has 1 fully saturated rings. The molecule has 0 radical (unpaired) electrons. The van der Waals surface area contributed by atoms with Crippen molar-refractivity contribution in [3.63, 3.8) is 0 Å². The molecule has 1 heterocycles. The number of likely N-dealkylation sites (tertiary alicyclic amines) is 1. The second-order valence-electron chi connectivity index (χ2n) is 5.64. The Kier molecular flexibility index (Phi) is 4.56. The van der Waals surface area contributed by atoms with Crippen molar-refractivity contribution in [1.29, 1.82) is 0 Å². The maximum absolute atomic E-state index is 10.8. The lowest BCUT2D eigenvalue weighted by Gasteiger charge is -2.35. The smallest absolute Gasteiger partial charge is 0.303 e. The first-order chi connectivity index (χ1) is 9.02. The largest absolute Gasteiger partial charge is 0.481 e. The Morgan fingerprint density at radius 2 is 2.05 bits per heavy atom. The lowest BCUT2D eigenvalue weighted by molar-refractivity contribution is -0.138. The monoisotopic (exact) mass is 262 g/mol. The number of piperidine rings is 1. The van der Waals surface area contributed by atoms with Gasteiger partial charge in [0.05, 0.1) is 0 Å². The normalized spacial score (nSPS) is 24.3. The average Bonchev–Trinajstić information content (AvgIpc) is 2.30. The number of nitrogens with two attached hydrogens (primary N) is 1. The van der Waals surface area contributed by atoms with E-state index in [9.17, 15) is 4.79 Å². The van der Waals surface area contributed by atoms with Gasteiger partial charge < -0.3 is 10.8 Å². The summed E-state index contributed by atoms with van der Waals surface area (Å²) >= 11 is 0. The van der Waals surface area contributed by atoms with Crippen LogP contribution in [0.2, 0.25) is 0 Å². The Morgan fingerprint density at radius 1 is 1.37 bits per heavy atom. The molecule has 1 aromatic rings. The van der Waals surface area contributed by atoms with Crippen LogP contribution in [0, 0.1) is 12.8 Å². The molecule has 0 aromatic heterocycles. The summed E-state index contributed by atoms with van der Waals surface area (Å²) < 4.78 is 0. The minimum absolute atomic E-state index is 0.0866. The van der Waals surface area contributed by atoms with Gasteiger partial charge >= 0.3 is 5.97 Å². The van der Waals surface area contributed by atoms with E-state index in [-0.39, 0.29) is 18.4 Å². The third-order valence-electron chi connectivity index (χ3n) is 3.64. The Balaban J connectivity index is 1.95. The Labute approximate surface area is 114 Å². The molecule has 0 aliphatic carbocycles. The predicted octanol–water partition coefficient (Wildman–Crippen LogP) is 1.62. The van der Waals surface area contributed by atoms with Crippen LogP contribution in [0.4, 0.5) is 0 Å². The molecule has 104 valence electrons. The topological polar surface area (TPSA) is 66.6 Å². The zero-order chi connectivity index (χ0) is 13.8. The van der Waals surface area contributed by atoms with Crippen molar-refractivity contribution in [3.05, 3.63) is 35.4 Å². The van der Waals surface area contributed by atoms with E-state index in [4.69, 9.17) is 10.8 Å². The second-order valence-corrected chi connectivity index (χ2v) is 5.64. The molecule has 0 spiro atoms. The molecular formula is C15H22N2O2. The molecule has 2 rings (SSSR count). The summed E-state index contributed by atoms with van der Waals surface area (Å²) in [4.78, 5) is 13.1. The van der Waals surface area contributed by atoms with Gasteiger partial charge in [0.15, 0.2) is 0 Å². The van der Waals surface area contributed by atoms with Crippen molar-refractivity contribution in [3.8, 4) is 0 Å². The van der Waals surface area contributed by atoms with Crippen LogP contribution < -0.4 is 5.73 Å².